The van der Waals surface area contributed by atoms with Crippen LogP contribution < -0.4 is 15.4 Å². The van der Waals surface area contributed by atoms with Crippen LogP contribution in [0.4, 0.5) is 0 Å². The van der Waals surface area contributed by atoms with Gasteiger partial charge in [0.25, 0.3) is 0 Å². The molecule has 6 heteroatoms. The number of benzene rings is 1. The van der Waals surface area contributed by atoms with Crippen molar-refractivity contribution >= 4 is 17.9 Å². The Morgan fingerprint density at radius 3 is 3.00 bits per heavy atom. The van der Waals surface area contributed by atoms with E-state index in [0.29, 0.717) is 18.9 Å². The zero-order chi connectivity index (χ0) is 17.6. The Morgan fingerprint density at radius 2 is 2.20 bits per heavy atom. The van der Waals surface area contributed by atoms with Crippen LogP contribution >= 0.6 is 0 Å². The molecule has 1 aliphatic heterocycles. The minimum absolute atomic E-state index is 0.271. The molecule has 0 saturated carbocycles. The molecule has 1 aromatic carbocycles. The standard InChI is InChI=1S/C19H20N2O4/c1-13(19(23)20-12-16-3-2-9-24-16)21-18(22)7-5-14-4-6-17-15(11-14)8-10-25-17/h2-7,9,11,13H,8,10,12H2,1H3,(H,20,23)(H,21,22)/b7-5+/t13-/m0/s1. The van der Waals surface area contributed by atoms with Gasteiger partial charge in [-0.15, -0.1) is 0 Å². The Kier molecular flexibility index (Phi) is 5.18. The second-order valence-electron chi connectivity index (χ2n) is 5.83. The third-order valence-corrected chi connectivity index (χ3v) is 3.91. The first-order chi connectivity index (χ1) is 12.1. The largest absolute Gasteiger partial charge is 0.493 e. The minimum atomic E-state index is -0.638. The molecular weight excluding hydrogens is 320 g/mol. The lowest BCUT2D eigenvalue weighted by Gasteiger charge is -2.12. The van der Waals surface area contributed by atoms with Crippen molar-refractivity contribution in [2.45, 2.75) is 25.9 Å². The maximum Gasteiger partial charge on any atom is 0.244 e. The molecule has 2 amide bonds. The number of rotatable bonds is 6. The minimum Gasteiger partial charge on any atom is -0.493 e. The lowest BCUT2D eigenvalue weighted by molar-refractivity contribution is -0.126. The van der Waals surface area contributed by atoms with Gasteiger partial charge in [-0.25, -0.2) is 0 Å². The van der Waals surface area contributed by atoms with Crippen LogP contribution in [0.15, 0.2) is 47.1 Å². The molecule has 130 valence electrons. The van der Waals surface area contributed by atoms with E-state index in [1.807, 2.05) is 18.2 Å². The first-order valence-corrected chi connectivity index (χ1v) is 8.16. The van der Waals surface area contributed by atoms with Crippen molar-refractivity contribution < 1.29 is 18.7 Å². The zero-order valence-corrected chi connectivity index (χ0v) is 14.0. The molecule has 3 rings (SSSR count). The summed E-state index contributed by atoms with van der Waals surface area (Å²) in [6, 6.07) is 8.70. The number of carbonyl (C=O) groups excluding carboxylic acids is 2. The van der Waals surface area contributed by atoms with E-state index in [1.165, 1.54) is 6.08 Å². The number of amides is 2. The highest BCUT2D eigenvalue weighted by Crippen LogP contribution is 2.26. The van der Waals surface area contributed by atoms with Crippen molar-refractivity contribution in [2.75, 3.05) is 6.61 Å². The average molecular weight is 340 g/mol. The number of carbonyl (C=O) groups is 2. The van der Waals surface area contributed by atoms with Crippen LogP contribution in [0.3, 0.4) is 0 Å². The van der Waals surface area contributed by atoms with E-state index in [4.69, 9.17) is 9.15 Å². The molecule has 0 radical (unpaired) electrons. The molecule has 2 aromatic rings. The van der Waals surface area contributed by atoms with Gasteiger partial charge in [0.1, 0.15) is 17.6 Å². The first kappa shape index (κ1) is 16.8. The molecular formula is C19H20N2O4. The topological polar surface area (TPSA) is 80.6 Å². The van der Waals surface area contributed by atoms with Crippen LogP contribution in [0.1, 0.15) is 23.8 Å². The fraction of sp³-hybridized carbons (Fsp3) is 0.263. The molecule has 0 bridgehead atoms. The van der Waals surface area contributed by atoms with Gasteiger partial charge in [-0.1, -0.05) is 6.07 Å². The molecule has 0 aliphatic carbocycles. The van der Waals surface area contributed by atoms with Crippen LogP contribution in [0, 0.1) is 0 Å². The van der Waals surface area contributed by atoms with Crippen molar-refractivity contribution in [3.63, 3.8) is 0 Å². The highest BCUT2D eigenvalue weighted by atomic mass is 16.5. The van der Waals surface area contributed by atoms with Gasteiger partial charge in [-0.05, 0) is 48.4 Å². The smallest absolute Gasteiger partial charge is 0.244 e. The Hall–Kier alpha value is -3.02. The molecule has 2 N–H and O–H groups in total. The number of hydrogen-bond acceptors (Lipinski definition) is 4. The Labute approximate surface area is 145 Å². The van der Waals surface area contributed by atoms with Gasteiger partial charge in [-0.3, -0.25) is 9.59 Å². The number of fused-ring (bicyclic) bond motifs is 1. The summed E-state index contributed by atoms with van der Waals surface area (Å²) < 4.78 is 10.6. The van der Waals surface area contributed by atoms with Crippen LogP contribution in [0.25, 0.3) is 6.08 Å². The summed E-state index contributed by atoms with van der Waals surface area (Å²) in [5.41, 5.74) is 2.07. The predicted molar refractivity (Wildman–Crippen MR) is 92.8 cm³/mol. The van der Waals surface area contributed by atoms with Crippen molar-refractivity contribution in [3.05, 3.63) is 59.6 Å². The van der Waals surface area contributed by atoms with E-state index in [0.717, 1.165) is 23.3 Å². The molecule has 0 unspecified atom stereocenters. The van der Waals surface area contributed by atoms with Crippen molar-refractivity contribution in [1.29, 1.82) is 0 Å². The zero-order valence-electron chi connectivity index (χ0n) is 14.0. The van der Waals surface area contributed by atoms with Gasteiger partial charge in [0, 0.05) is 12.5 Å². The maximum atomic E-state index is 12.0. The molecule has 1 aromatic heterocycles. The fourth-order valence-electron chi connectivity index (χ4n) is 2.55. The molecule has 2 heterocycles. The fourth-order valence-corrected chi connectivity index (χ4v) is 2.55. The summed E-state index contributed by atoms with van der Waals surface area (Å²) in [5.74, 6) is 0.973. The maximum absolute atomic E-state index is 12.0. The second kappa shape index (κ2) is 7.70. The van der Waals surface area contributed by atoms with Gasteiger partial charge in [0.2, 0.25) is 11.8 Å². The van der Waals surface area contributed by atoms with Crippen molar-refractivity contribution in [2.24, 2.45) is 0 Å². The summed E-state index contributed by atoms with van der Waals surface area (Å²) in [6.45, 7) is 2.63. The van der Waals surface area contributed by atoms with Gasteiger partial charge in [-0.2, -0.15) is 0 Å². The van der Waals surface area contributed by atoms with Gasteiger partial charge < -0.3 is 19.8 Å². The molecule has 1 aliphatic rings. The van der Waals surface area contributed by atoms with Gasteiger partial charge in [0.05, 0.1) is 19.4 Å². The lowest BCUT2D eigenvalue weighted by Crippen LogP contribution is -2.44. The van der Waals surface area contributed by atoms with Crippen LogP contribution in [-0.4, -0.2) is 24.5 Å². The van der Waals surface area contributed by atoms with Crippen molar-refractivity contribution in [1.82, 2.24) is 10.6 Å². The summed E-state index contributed by atoms with van der Waals surface area (Å²) in [7, 11) is 0. The molecule has 0 fully saturated rings. The summed E-state index contributed by atoms with van der Waals surface area (Å²) in [4.78, 5) is 23.9. The van der Waals surface area contributed by atoms with E-state index in [9.17, 15) is 9.59 Å². The molecule has 1 atom stereocenters. The molecule has 0 saturated heterocycles. The SMILES string of the molecule is C[C@H](NC(=O)/C=C/c1ccc2c(c1)CCO2)C(=O)NCc1ccco1. The summed E-state index contributed by atoms with van der Waals surface area (Å²) in [5, 5.41) is 5.35. The van der Waals surface area contributed by atoms with Crippen LogP contribution in [0.5, 0.6) is 5.75 Å². The van der Waals surface area contributed by atoms with E-state index < -0.39 is 6.04 Å². The normalized spacial score (nSPS) is 14.0. The van der Waals surface area contributed by atoms with Crippen LogP contribution in [-0.2, 0) is 22.6 Å². The van der Waals surface area contributed by atoms with Crippen LogP contribution in [0.2, 0.25) is 0 Å². The first-order valence-electron chi connectivity index (χ1n) is 8.16. The number of furan rings is 1. The molecule has 0 spiro atoms. The number of nitrogens with one attached hydrogen (secondary N) is 2. The van der Waals surface area contributed by atoms with E-state index in [1.54, 1.807) is 31.4 Å². The van der Waals surface area contributed by atoms with Crippen molar-refractivity contribution in [3.8, 4) is 5.75 Å². The Morgan fingerprint density at radius 1 is 1.32 bits per heavy atom. The molecule has 6 nitrogen and oxygen atoms in total. The monoisotopic (exact) mass is 340 g/mol. The Bertz CT molecular complexity index is 781. The van der Waals surface area contributed by atoms with Gasteiger partial charge >= 0.3 is 0 Å². The number of hydrogen-bond donors (Lipinski definition) is 2. The molecule has 25 heavy (non-hydrogen) atoms. The second-order valence-corrected chi connectivity index (χ2v) is 5.83. The quantitative estimate of drug-likeness (QED) is 0.789. The third kappa shape index (κ3) is 4.50. The highest BCUT2D eigenvalue weighted by molar-refractivity contribution is 5.95. The van der Waals surface area contributed by atoms with E-state index in [-0.39, 0.29) is 11.8 Å². The predicted octanol–water partition coefficient (Wildman–Crippen LogP) is 2.05. The third-order valence-electron chi connectivity index (χ3n) is 3.91. The Balaban J connectivity index is 1.48. The van der Waals surface area contributed by atoms with Gasteiger partial charge in [0.15, 0.2) is 0 Å². The summed E-state index contributed by atoms with van der Waals surface area (Å²) in [6.07, 6.45) is 5.58. The van der Waals surface area contributed by atoms with E-state index in [2.05, 4.69) is 10.6 Å². The number of ether oxygens (including phenoxy) is 1. The van der Waals surface area contributed by atoms with E-state index >= 15 is 0 Å². The highest BCUT2D eigenvalue weighted by Gasteiger charge is 2.14. The lowest BCUT2D eigenvalue weighted by atomic mass is 10.1. The summed E-state index contributed by atoms with van der Waals surface area (Å²) >= 11 is 0. The average Bonchev–Trinajstić information content (AvgIpc) is 3.28.